The fraction of sp³-hybridized carbons (Fsp3) is 0.300. The second-order valence-corrected chi connectivity index (χ2v) is 5.80. The van der Waals surface area contributed by atoms with Gasteiger partial charge in [0.1, 0.15) is 0 Å². The van der Waals surface area contributed by atoms with E-state index in [0.29, 0.717) is 55.0 Å². The van der Waals surface area contributed by atoms with Gasteiger partial charge in [-0.2, -0.15) is 0 Å². The monoisotopic (exact) mass is 381 g/mol. The maximum absolute atomic E-state index is 12.5. The first-order valence-electron chi connectivity index (χ1n) is 9.19. The normalized spacial score (nSPS) is 10.5. The molecule has 0 fully saturated rings. The molecule has 0 unspecified atom stereocenters. The third-order valence-corrected chi connectivity index (χ3v) is 3.93. The van der Waals surface area contributed by atoms with Crippen LogP contribution >= 0.6 is 0 Å². The number of hydrogen-bond donors (Lipinski definition) is 1. The number of nitrogens with zero attached hydrogens (tertiary/aromatic N) is 4. The van der Waals surface area contributed by atoms with Gasteiger partial charge in [-0.3, -0.25) is 4.79 Å². The highest BCUT2D eigenvalue weighted by Crippen LogP contribution is 2.28. The second-order valence-electron chi connectivity index (χ2n) is 5.80. The van der Waals surface area contributed by atoms with E-state index < -0.39 is 0 Å². The molecule has 0 aliphatic carbocycles. The molecule has 3 rings (SSSR count). The molecular weight excluding hydrogens is 358 g/mol. The average molecular weight is 381 g/mol. The van der Waals surface area contributed by atoms with Gasteiger partial charge in [-0.1, -0.05) is 0 Å². The van der Waals surface area contributed by atoms with Crippen molar-refractivity contribution in [3.8, 4) is 23.1 Å². The number of nitrogens with one attached hydrogen (secondary N) is 1. The van der Waals surface area contributed by atoms with E-state index >= 15 is 0 Å². The minimum absolute atomic E-state index is 0.179. The molecule has 2 heterocycles. The van der Waals surface area contributed by atoms with Gasteiger partial charge in [-0.25, -0.2) is 15.0 Å². The summed E-state index contributed by atoms with van der Waals surface area (Å²) in [5, 5.41) is 2.91. The van der Waals surface area contributed by atoms with Gasteiger partial charge in [-0.05, 0) is 38.1 Å². The minimum Gasteiger partial charge on any atom is -0.490 e. The van der Waals surface area contributed by atoms with Crippen LogP contribution < -0.4 is 14.8 Å². The van der Waals surface area contributed by atoms with Crippen LogP contribution in [-0.4, -0.2) is 45.2 Å². The van der Waals surface area contributed by atoms with E-state index in [4.69, 9.17) is 9.47 Å². The Morgan fingerprint density at radius 3 is 2.54 bits per heavy atom. The van der Waals surface area contributed by atoms with Gasteiger partial charge in [0.05, 0.1) is 13.2 Å². The van der Waals surface area contributed by atoms with Crippen molar-refractivity contribution in [3.63, 3.8) is 0 Å². The molecule has 3 aromatic rings. The zero-order valence-electron chi connectivity index (χ0n) is 16.0. The van der Waals surface area contributed by atoms with Crippen molar-refractivity contribution < 1.29 is 14.3 Å². The van der Waals surface area contributed by atoms with Gasteiger partial charge in [0.15, 0.2) is 23.1 Å². The Hall–Kier alpha value is -3.42. The number of aromatic nitrogens is 4. The summed E-state index contributed by atoms with van der Waals surface area (Å²) in [4.78, 5) is 25.2. The van der Waals surface area contributed by atoms with Crippen LogP contribution in [0.4, 0.5) is 0 Å². The molecule has 0 saturated heterocycles. The molecule has 28 heavy (non-hydrogen) atoms. The van der Waals surface area contributed by atoms with Gasteiger partial charge in [-0.15, -0.1) is 0 Å². The Bertz CT molecular complexity index is 911. The number of benzene rings is 1. The predicted molar refractivity (Wildman–Crippen MR) is 104 cm³/mol. The number of rotatable bonds is 9. The molecular formula is C20H23N5O3. The topological polar surface area (TPSA) is 91.2 Å². The number of amides is 1. The SMILES string of the molecule is CCOc1ccc(C(=O)NCCn2ccnc2-c2ncccn2)cc1OCC. The number of carbonyl (C=O) groups is 1. The highest BCUT2D eigenvalue weighted by Gasteiger charge is 2.12. The maximum Gasteiger partial charge on any atom is 0.251 e. The van der Waals surface area contributed by atoms with Crippen molar-refractivity contribution in [2.45, 2.75) is 20.4 Å². The summed E-state index contributed by atoms with van der Waals surface area (Å²) in [7, 11) is 0. The first-order chi connectivity index (χ1) is 13.7. The molecule has 0 bridgehead atoms. The van der Waals surface area contributed by atoms with E-state index in [2.05, 4.69) is 20.3 Å². The summed E-state index contributed by atoms with van der Waals surface area (Å²) in [6.45, 7) is 5.81. The van der Waals surface area contributed by atoms with Crippen molar-refractivity contribution in [1.29, 1.82) is 0 Å². The lowest BCUT2D eigenvalue weighted by Crippen LogP contribution is -2.27. The fourth-order valence-corrected chi connectivity index (χ4v) is 2.69. The number of ether oxygens (including phenoxy) is 2. The predicted octanol–water partition coefficient (Wildman–Crippen LogP) is 2.57. The Morgan fingerprint density at radius 2 is 1.79 bits per heavy atom. The van der Waals surface area contributed by atoms with E-state index in [-0.39, 0.29) is 5.91 Å². The molecule has 0 aliphatic rings. The van der Waals surface area contributed by atoms with Crippen LogP contribution in [0.15, 0.2) is 49.1 Å². The van der Waals surface area contributed by atoms with E-state index in [1.807, 2.05) is 24.6 Å². The van der Waals surface area contributed by atoms with E-state index in [9.17, 15) is 4.79 Å². The maximum atomic E-state index is 12.5. The molecule has 1 aromatic carbocycles. The van der Waals surface area contributed by atoms with Crippen LogP contribution in [0.3, 0.4) is 0 Å². The van der Waals surface area contributed by atoms with E-state index in [1.165, 1.54) is 0 Å². The number of carbonyl (C=O) groups excluding carboxylic acids is 1. The molecule has 2 aromatic heterocycles. The van der Waals surface area contributed by atoms with Crippen LogP contribution in [-0.2, 0) is 6.54 Å². The Kier molecular flexibility index (Phi) is 6.56. The van der Waals surface area contributed by atoms with E-state index in [1.54, 1.807) is 42.9 Å². The average Bonchev–Trinajstić information content (AvgIpc) is 3.19. The summed E-state index contributed by atoms with van der Waals surface area (Å²) in [6.07, 6.45) is 6.87. The first-order valence-corrected chi connectivity index (χ1v) is 9.19. The summed E-state index contributed by atoms with van der Waals surface area (Å²) < 4.78 is 13.0. The standard InChI is InChI=1S/C20H23N5O3/c1-3-27-16-7-6-15(14-17(16)28-4-2)20(26)24-11-13-25-12-10-23-19(25)18-21-8-5-9-22-18/h5-10,12,14H,3-4,11,13H2,1-2H3,(H,24,26). The summed E-state index contributed by atoms with van der Waals surface area (Å²) in [6, 6.07) is 6.93. The zero-order valence-corrected chi connectivity index (χ0v) is 16.0. The van der Waals surface area contributed by atoms with Crippen LogP contribution in [0.2, 0.25) is 0 Å². The zero-order chi connectivity index (χ0) is 19.8. The van der Waals surface area contributed by atoms with Gasteiger partial charge in [0.2, 0.25) is 0 Å². The lowest BCUT2D eigenvalue weighted by atomic mass is 10.2. The molecule has 146 valence electrons. The molecule has 0 saturated carbocycles. The molecule has 1 N–H and O–H groups in total. The summed E-state index contributed by atoms with van der Waals surface area (Å²) in [5.74, 6) is 2.23. The Balaban J connectivity index is 1.62. The van der Waals surface area contributed by atoms with Crippen molar-refractivity contribution in [1.82, 2.24) is 24.8 Å². The van der Waals surface area contributed by atoms with Crippen molar-refractivity contribution in [3.05, 3.63) is 54.6 Å². The molecule has 0 atom stereocenters. The quantitative estimate of drug-likeness (QED) is 0.613. The lowest BCUT2D eigenvalue weighted by molar-refractivity contribution is 0.0952. The third kappa shape index (κ3) is 4.64. The molecule has 1 amide bonds. The van der Waals surface area contributed by atoms with Crippen LogP contribution in [0.1, 0.15) is 24.2 Å². The van der Waals surface area contributed by atoms with Gasteiger partial charge >= 0.3 is 0 Å². The van der Waals surface area contributed by atoms with Crippen molar-refractivity contribution >= 4 is 5.91 Å². The minimum atomic E-state index is -0.179. The fourth-order valence-electron chi connectivity index (χ4n) is 2.69. The van der Waals surface area contributed by atoms with Crippen LogP contribution in [0, 0.1) is 0 Å². The Labute approximate surface area is 163 Å². The third-order valence-electron chi connectivity index (χ3n) is 3.93. The molecule has 0 aliphatic heterocycles. The van der Waals surface area contributed by atoms with Crippen LogP contribution in [0.25, 0.3) is 11.6 Å². The van der Waals surface area contributed by atoms with Gasteiger partial charge in [0, 0.05) is 43.4 Å². The van der Waals surface area contributed by atoms with Crippen LogP contribution in [0.5, 0.6) is 11.5 Å². The van der Waals surface area contributed by atoms with Gasteiger partial charge in [0.25, 0.3) is 5.91 Å². The molecule has 8 heteroatoms. The number of imidazole rings is 1. The van der Waals surface area contributed by atoms with Crippen molar-refractivity contribution in [2.75, 3.05) is 19.8 Å². The van der Waals surface area contributed by atoms with Gasteiger partial charge < -0.3 is 19.4 Å². The number of hydrogen-bond acceptors (Lipinski definition) is 6. The molecule has 0 spiro atoms. The Morgan fingerprint density at radius 1 is 1.04 bits per heavy atom. The van der Waals surface area contributed by atoms with Crippen molar-refractivity contribution in [2.24, 2.45) is 0 Å². The highest BCUT2D eigenvalue weighted by molar-refractivity contribution is 5.94. The molecule has 0 radical (unpaired) electrons. The summed E-state index contributed by atoms with van der Waals surface area (Å²) >= 11 is 0. The molecule has 8 nitrogen and oxygen atoms in total. The second kappa shape index (κ2) is 9.50. The summed E-state index contributed by atoms with van der Waals surface area (Å²) in [5.41, 5.74) is 0.518. The first kappa shape index (κ1) is 19.3. The largest absolute Gasteiger partial charge is 0.490 e. The van der Waals surface area contributed by atoms with E-state index in [0.717, 1.165) is 0 Å². The highest BCUT2D eigenvalue weighted by atomic mass is 16.5. The smallest absolute Gasteiger partial charge is 0.251 e. The lowest BCUT2D eigenvalue weighted by Gasteiger charge is -2.13.